The molecule has 3 rings (SSSR count). The highest BCUT2D eigenvalue weighted by atomic mass is 19.1. The van der Waals surface area contributed by atoms with E-state index in [2.05, 4.69) is 10.6 Å². The molecule has 162 valence electrons. The van der Waals surface area contributed by atoms with Crippen LogP contribution in [0.3, 0.4) is 0 Å². The van der Waals surface area contributed by atoms with E-state index < -0.39 is 41.7 Å². The fraction of sp³-hybridized carbons (Fsp3) is 0.273. The van der Waals surface area contributed by atoms with E-state index in [4.69, 9.17) is 0 Å². The minimum absolute atomic E-state index is 0.258. The highest BCUT2D eigenvalue weighted by molar-refractivity contribution is 6.09. The van der Waals surface area contributed by atoms with Crippen LogP contribution in [0, 0.1) is 12.7 Å². The molecule has 0 radical (unpaired) electrons. The summed E-state index contributed by atoms with van der Waals surface area (Å²) in [5.41, 5.74) is 0.593. The number of carbonyl (C=O) groups is 4. The van der Waals surface area contributed by atoms with E-state index in [1.165, 1.54) is 25.2 Å². The monoisotopic (exact) mass is 426 g/mol. The van der Waals surface area contributed by atoms with Crippen LogP contribution >= 0.6 is 0 Å². The molecule has 1 atom stereocenters. The molecule has 31 heavy (non-hydrogen) atoms. The summed E-state index contributed by atoms with van der Waals surface area (Å²) >= 11 is 0. The number of urea groups is 1. The molecule has 1 fully saturated rings. The average Bonchev–Trinajstić information content (AvgIpc) is 2.92. The van der Waals surface area contributed by atoms with Crippen molar-refractivity contribution >= 4 is 29.4 Å². The number of rotatable bonds is 6. The van der Waals surface area contributed by atoms with Gasteiger partial charge in [-0.15, -0.1) is 0 Å². The Bertz CT molecular complexity index is 1040. The van der Waals surface area contributed by atoms with E-state index in [9.17, 15) is 23.6 Å². The number of hydrogen-bond donors (Lipinski definition) is 2. The number of amides is 5. The van der Waals surface area contributed by atoms with Crippen molar-refractivity contribution in [2.45, 2.75) is 19.4 Å². The summed E-state index contributed by atoms with van der Waals surface area (Å²) in [6.45, 7) is 2.66. The van der Waals surface area contributed by atoms with Gasteiger partial charge in [-0.1, -0.05) is 35.9 Å². The molecule has 2 N–H and O–H groups in total. The van der Waals surface area contributed by atoms with Crippen LogP contribution in [0.15, 0.2) is 48.5 Å². The number of nitrogens with zero attached hydrogens (tertiary/aromatic N) is 2. The highest BCUT2D eigenvalue weighted by Gasteiger charge is 2.49. The van der Waals surface area contributed by atoms with Crippen LogP contribution in [0.25, 0.3) is 0 Å². The lowest BCUT2D eigenvalue weighted by Crippen LogP contribution is -2.45. The Kier molecular flexibility index (Phi) is 6.05. The number of aryl methyl sites for hydroxylation is 1. The summed E-state index contributed by atoms with van der Waals surface area (Å²) in [5.74, 6) is -2.18. The zero-order valence-corrected chi connectivity index (χ0v) is 17.4. The van der Waals surface area contributed by atoms with E-state index in [-0.39, 0.29) is 12.2 Å². The number of nitrogens with one attached hydrogen (secondary N) is 2. The summed E-state index contributed by atoms with van der Waals surface area (Å²) in [5, 5.41) is 5.13. The fourth-order valence-electron chi connectivity index (χ4n) is 3.25. The Morgan fingerprint density at radius 3 is 2.48 bits per heavy atom. The van der Waals surface area contributed by atoms with E-state index in [0.717, 1.165) is 21.4 Å². The summed E-state index contributed by atoms with van der Waals surface area (Å²) in [4.78, 5) is 51.9. The average molecular weight is 426 g/mol. The minimum atomic E-state index is -1.28. The number of hydrogen-bond acceptors (Lipinski definition) is 4. The van der Waals surface area contributed by atoms with Gasteiger partial charge in [0.05, 0.1) is 6.54 Å². The van der Waals surface area contributed by atoms with Crippen LogP contribution in [0.2, 0.25) is 0 Å². The molecule has 0 saturated carbocycles. The Hall–Kier alpha value is -3.75. The third-order valence-corrected chi connectivity index (χ3v) is 5.11. The lowest BCUT2D eigenvalue weighted by atomic mass is 9.91. The van der Waals surface area contributed by atoms with Crippen LogP contribution in [0.1, 0.15) is 18.1 Å². The smallest absolute Gasteiger partial charge is 0.325 e. The molecule has 0 aromatic heterocycles. The lowest BCUT2D eigenvalue weighted by Gasteiger charge is -2.23. The molecule has 0 spiro atoms. The molecule has 5 amide bonds. The number of carbonyl (C=O) groups excluding carboxylic acids is 4. The van der Waals surface area contributed by atoms with Gasteiger partial charge >= 0.3 is 6.03 Å². The topological polar surface area (TPSA) is 98.8 Å². The van der Waals surface area contributed by atoms with Crippen LogP contribution in [-0.2, 0) is 19.9 Å². The van der Waals surface area contributed by atoms with Gasteiger partial charge in [-0.25, -0.2) is 9.18 Å². The van der Waals surface area contributed by atoms with Gasteiger partial charge in [0.1, 0.15) is 17.9 Å². The van der Waals surface area contributed by atoms with E-state index in [0.29, 0.717) is 5.56 Å². The largest absolute Gasteiger partial charge is 0.335 e. The lowest BCUT2D eigenvalue weighted by molar-refractivity contribution is -0.139. The van der Waals surface area contributed by atoms with Crippen molar-refractivity contribution in [2.75, 3.05) is 25.5 Å². The van der Waals surface area contributed by atoms with E-state index in [1.807, 2.05) is 19.1 Å². The summed E-state index contributed by atoms with van der Waals surface area (Å²) in [6.07, 6.45) is 0. The van der Waals surface area contributed by atoms with E-state index >= 15 is 0 Å². The standard InChI is InChI=1S/C22H23FN4O4/c1-14-7-9-15(10-8-14)22(2)20(30)27(21(31)25-22)13-19(29)26(3)12-18(28)24-17-6-4-5-16(23)11-17/h4-11H,12-13H2,1-3H3,(H,24,28)(H,25,31)/t22-/m1/s1. The van der Waals surface area contributed by atoms with Gasteiger partial charge in [-0.3, -0.25) is 19.3 Å². The predicted octanol–water partition coefficient (Wildman–Crippen LogP) is 2.00. The zero-order chi connectivity index (χ0) is 22.8. The number of anilines is 1. The van der Waals surface area contributed by atoms with Gasteiger partial charge in [-0.05, 0) is 37.6 Å². The first kappa shape index (κ1) is 21.9. The summed E-state index contributed by atoms with van der Waals surface area (Å²) in [6, 6.07) is 11.8. The van der Waals surface area contributed by atoms with Gasteiger partial charge in [0, 0.05) is 12.7 Å². The molecule has 0 unspecified atom stereocenters. The number of benzene rings is 2. The molecule has 9 heteroatoms. The second-order valence-corrected chi connectivity index (χ2v) is 7.62. The number of halogens is 1. The van der Waals surface area contributed by atoms with Crippen LogP contribution < -0.4 is 10.6 Å². The van der Waals surface area contributed by atoms with Crippen molar-refractivity contribution < 1.29 is 23.6 Å². The van der Waals surface area contributed by atoms with Gasteiger partial charge in [0.25, 0.3) is 5.91 Å². The normalized spacial score (nSPS) is 18.0. The third-order valence-electron chi connectivity index (χ3n) is 5.11. The van der Waals surface area contributed by atoms with Crippen molar-refractivity contribution in [1.29, 1.82) is 0 Å². The van der Waals surface area contributed by atoms with Crippen molar-refractivity contribution in [3.8, 4) is 0 Å². The quantitative estimate of drug-likeness (QED) is 0.691. The third kappa shape index (κ3) is 4.71. The molecule has 1 saturated heterocycles. The first-order valence-electron chi connectivity index (χ1n) is 9.61. The Morgan fingerprint density at radius 1 is 1.16 bits per heavy atom. The molecular formula is C22H23FN4O4. The Balaban J connectivity index is 1.62. The Morgan fingerprint density at radius 2 is 1.84 bits per heavy atom. The first-order chi connectivity index (χ1) is 14.6. The molecular weight excluding hydrogens is 403 g/mol. The zero-order valence-electron chi connectivity index (χ0n) is 17.4. The number of likely N-dealkylation sites (N-methyl/N-ethyl adjacent to an activating group) is 1. The second kappa shape index (κ2) is 8.55. The Labute approximate surface area is 179 Å². The van der Waals surface area contributed by atoms with Gasteiger partial charge in [0.2, 0.25) is 11.8 Å². The SMILES string of the molecule is Cc1ccc([C@@]2(C)NC(=O)N(CC(=O)N(C)CC(=O)Nc3cccc(F)c3)C2=O)cc1. The maximum Gasteiger partial charge on any atom is 0.325 e. The molecule has 2 aromatic rings. The summed E-state index contributed by atoms with van der Waals surface area (Å²) in [7, 11) is 1.38. The van der Waals surface area contributed by atoms with Crippen molar-refractivity contribution in [3.63, 3.8) is 0 Å². The highest BCUT2D eigenvalue weighted by Crippen LogP contribution is 2.29. The van der Waals surface area contributed by atoms with Gasteiger partial charge < -0.3 is 15.5 Å². The first-order valence-corrected chi connectivity index (χ1v) is 9.61. The van der Waals surface area contributed by atoms with Crippen molar-refractivity contribution in [3.05, 3.63) is 65.5 Å². The molecule has 8 nitrogen and oxygen atoms in total. The van der Waals surface area contributed by atoms with Crippen LogP contribution in [-0.4, -0.2) is 53.7 Å². The predicted molar refractivity (Wildman–Crippen MR) is 111 cm³/mol. The van der Waals surface area contributed by atoms with Crippen molar-refractivity contribution in [2.24, 2.45) is 0 Å². The molecule has 2 aromatic carbocycles. The van der Waals surface area contributed by atoms with Gasteiger partial charge in [0.15, 0.2) is 0 Å². The second-order valence-electron chi connectivity index (χ2n) is 7.62. The summed E-state index contributed by atoms with van der Waals surface area (Å²) < 4.78 is 13.2. The minimum Gasteiger partial charge on any atom is -0.335 e. The van der Waals surface area contributed by atoms with Gasteiger partial charge in [-0.2, -0.15) is 0 Å². The molecule has 1 aliphatic heterocycles. The molecule has 1 aliphatic rings. The van der Waals surface area contributed by atoms with Crippen LogP contribution in [0.4, 0.5) is 14.9 Å². The van der Waals surface area contributed by atoms with Crippen LogP contribution in [0.5, 0.6) is 0 Å². The van der Waals surface area contributed by atoms with Crippen molar-refractivity contribution in [1.82, 2.24) is 15.1 Å². The van der Waals surface area contributed by atoms with E-state index in [1.54, 1.807) is 19.1 Å². The maximum atomic E-state index is 13.2. The molecule has 0 bridgehead atoms. The number of imide groups is 1. The molecule has 0 aliphatic carbocycles. The molecule has 1 heterocycles. The maximum absolute atomic E-state index is 13.2. The fourth-order valence-corrected chi connectivity index (χ4v) is 3.25.